The zero-order valence-electron chi connectivity index (χ0n) is 20.4. The largest absolute Gasteiger partial charge is 0.497 e. The van der Waals surface area contributed by atoms with E-state index in [-0.39, 0.29) is 34.1 Å². The number of ether oxygens (including phenoxy) is 1. The van der Waals surface area contributed by atoms with Crippen molar-refractivity contribution in [2.24, 2.45) is 5.92 Å². The van der Waals surface area contributed by atoms with Crippen LogP contribution in [0.5, 0.6) is 5.75 Å². The number of sulfonamides is 1. The summed E-state index contributed by atoms with van der Waals surface area (Å²) in [7, 11) is -2.38. The van der Waals surface area contributed by atoms with Crippen LogP contribution in [0.25, 0.3) is 0 Å². The van der Waals surface area contributed by atoms with Crippen LogP contribution < -0.4 is 14.4 Å². The van der Waals surface area contributed by atoms with E-state index in [0.29, 0.717) is 17.9 Å². The van der Waals surface area contributed by atoms with Crippen molar-refractivity contribution in [3.05, 3.63) is 58.1 Å². The number of halogens is 2. The van der Waals surface area contributed by atoms with Crippen molar-refractivity contribution in [3.63, 3.8) is 0 Å². The van der Waals surface area contributed by atoms with Gasteiger partial charge >= 0.3 is 0 Å². The molecule has 1 N–H and O–H groups in total. The Morgan fingerprint density at radius 1 is 1.09 bits per heavy atom. The van der Waals surface area contributed by atoms with Crippen LogP contribution in [0.15, 0.2) is 42.5 Å². The number of nitrogens with zero attached hydrogens (tertiary/aromatic N) is 2. The molecule has 2 rings (SSSR count). The van der Waals surface area contributed by atoms with Crippen molar-refractivity contribution in [2.75, 3.05) is 30.8 Å². The molecule has 0 saturated heterocycles. The minimum absolute atomic E-state index is 0.00876. The maximum absolute atomic E-state index is 13.5. The number of hydrogen-bond acceptors (Lipinski definition) is 5. The first-order valence-corrected chi connectivity index (χ1v) is 13.6. The van der Waals surface area contributed by atoms with Crippen LogP contribution in [0.2, 0.25) is 10.0 Å². The Labute approximate surface area is 217 Å². The number of methoxy groups -OCH3 is 1. The lowest BCUT2D eigenvalue weighted by molar-refractivity contribution is -0.139. The summed E-state index contributed by atoms with van der Waals surface area (Å²) in [6.45, 7) is 5.46. The monoisotopic (exact) mass is 543 g/mol. The topological polar surface area (TPSA) is 96.0 Å². The van der Waals surface area contributed by atoms with Crippen molar-refractivity contribution in [2.45, 2.75) is 33.4 Å². The van der Waals surface area contributed by atoms with Crippen molar-refractivity contribution >= 4 is 50.7 Å². The van der Waals surface area contributed by atoms with Crippen molar-refractivity contribution in [3.8, 4) is 5.75 Å². The normalized spacial score (nSPS) is 12.2. The molecule has 0 heterocycles. The minimum Gasteiger partial charge on any atom is -0.497 e. The first-order chi connectivity index (χ1) is 16.3. The summed E-state index contributed by atoms with van der Waals surface area (Å²) in [6, 6.07) is 10.7. The van der Waals surface area contributed by atoms with Crippen LogP contribution in [0.4, 0.5) is 5.69 Å². The fourth-order valence-corrected chi connectivity index (χ4v) is 4.58. The van der Waals surface area contributed by atoms with Gasteiger partial charge in [-0.1, -0.05) is 55.2 Å². The van der Waals surface area contributed by atoms with Crippen LogP contribution in [0.1, 0.15) is 26.3 Å². The summed E-state index contributed by atoms with van der Waals surface area (Å²) >= 11 is 12.3. The summed E-state index contributed by atoms with van der Waals surface area (Å²) in [5.41, 5.74) is 0.793. The van der Waals surface area contributed by atoms with Crippen molar-refractivity contribution in [1.29, 1.82) is 0 Å². The first kappa shape index (κ1) is 28.7. The molecule has 0 saturated carbocycles. The lowest BCUT2D eigenvalue weighted by atomic mass is 10.1. The second kappa shape index (κ2) is 12.5. The van der Waals surface area contributed by atoms with E-state index in [1.54, 1.807) is 37.3 Å². The van der Waals surface area contributed by atoms with Crippen LogP contribution >= 0.6 is 23.2 Å². The zero-order chi connectivity index (χ0) is 26.3. The highest BCUT2D eigenvalue weighted by molar-refractivity contribution is 7.92. The van der Waals surface area contributed by atoms with E-state index in [1.165, 1.54) is 24.1 Å². The van der Waals surface area contributed by atoms with Crippen LogP contribution in [0.3, 0.4) is 0 Å². The Hall–Kier alpha value is -2.49. The fraction of sp³-hybridized carbons (Fsp3) is 0.417. The Morgan fingerprint density at radius 2 is 1.74 bits per heavy atom. The van der Waals surface area contributed by atoms with Gasteiger partial charge in [-0.3, -0.25) is 13.9 Å². The van der Waals surface area contributed by atoms with E-state index in [0.717, 1.165) is 10.6 Å². The molecule has 0 bridgehead atoms. The second-order valence-electron chi connectivity index (χ2n) is 8.53. The molecule has 0 aliphatic heterocycles. The van der Waals surface area contributed by atoms with Gasteiger partial charge in [-0.2, -0.15) is 0 Å². The molecule has 2 aromatic rings. The molecule has 11 heteroatoms. The Balaban J connectivity index is 2.43. The maximum atomic E-state index is 13.5. The third-order valence-corrected chi connectivity index (χ3v) is 7.15. The number of benzene rings is 2. The third-order valence-electron chi connectivity index (χ3n) is 5.22. The van der Waals surface area contributed by atoms with Gasteiger partial charge in [-0.05, 0) is 42.7 Å². The Morgan fingerprint density at radius 3 is 2.34 bits per heavy atom. The molecule has 0 spiro atoms. The van der Waals surface area contributed by atoms with E-state index in [2.05, 4.69) is 5.32 Å². The number of anilines is 1. The second-order valence-corrected chi connectivity index (χ2v) is 11.2. The van der Waals surface area contributed by atoms with Gasteiger partial charge in [-0.25, -0.2) is 8.42 Å². The van der Waals surface area contributed by atoms with Crippen LogP contribution in [0, 0.1) is 5.92 Å². The number of rotatable bonds is 11. The predicted octanol–water partition coefficient (Wildman–Crippen LogP) is 3.96. The lowest BCUT2D eigenvalue weighted by Crippen LogP contribution is -2.51. The van der Waals surface area contributed by atoms with Gasteiger partial charge in [0.2, 0.25) is 21.8 Å². The van der Waals surface area contributed by atoms with Crippen molar-refractivity contribution in [1.82, 2.24) is 10.2 Å². The molecule has 0 unspecified atom stereocenters. The molecular formula is C24H31Cl2N3O5S. The van der Waals surface area contributed by atoms with Crippen LogP contribution in [-0.4, -0.2) is 57.6 Å². The molecule has 0 fully saturated rings. The number of nitrogens with one attached hydrogen (secondary N) is 1. The molecule has 35 heavy (non-hydrogen) atoms. The molecule has 2 amide bonds. The standard InChI is InChI=1S/C24H31Cl2N3O5S/c1-16(2)13-27-24(31)17(3)28(14-18-8-6-9-19(12-18)34-4)22(30)15-29(35(5,32)33)21-11-7-10-20(25)23(21)26/h6-12,16-17H,13-15H2,1-5H3,(H,27,31)/t17-/m1/s1. The predicted molar refractivity (Wildman–Crippen MR) is 140 cm³/mol. The molecular weight excluding hydrogens is 513 g/mol. The summed E-state index contributed by atoms with van der Waals surface area (Å²) < 4.78 is 31.4. The highest BCUT2D eigenvalue weighted by Gasteiger charge is 2.31. The van der Waals surface area contributed by atoms with Gasteiger partial charge in [0.15, 0.2) is 0 Å². The van der Waals surface area contributed by atoms with Crippen LogP contribution in [-0.2, 0) is 26.2 Å². The van der Waals surface area contributed by atoms with E-state index in [9.17, 15) is 18.0 Å². The smallest absolute Gasteiger partial charge is 0.244 e. The van der Waals surface area contributed by atoms with Gasteiger partial charge < -0.3 is 15.0 Å². The highest BCUT2D eigenvalue weighted by Crippen LogP contribution is 2.33. The summed E-state index contributed by atoms with van der Waals surface area (Å²) in [6.07, 6.45) is 0.975. The van der Waals surface area contributed by atoms with Gasteiger partial charge in [-0.15, -0.1) is 0 Å². The zero-order valence-corrected chi connectivity index (χ0v) is 22.7. The van der Waals surface area contributed by atoms with Gasteiger partial charge in [0.1, 0.15) is 18.3 Å². The molecule has 0 radical (unpaired) electrons. The van der Waals surface area contributed by atoms with Gasteiger partial charge in [0.25, 0.3) is 0 Å². The lowest BCUT2D eigenvalue weighted by Gasteiger charge is -2.32. The number of hydrogen-bond donors (Lipinski definition) is 1. The maximum Gasteiger partial charge on any atom is 0.244 e. The number of carbonyl (C=O) groups excluding carboxylic acids is 2. The quantitative estimate of drug-likeness (QED) is 0.462. The van der Waals surface area contributed by atoms with E-state index in [4.69, 9.17) is 27.9 Å². The number of amides is 2. The fourth-order valence-electron chi connectivity index (χ4n) is 3.28. The average molecular weight is 545 g/mol. The number of carbonyl (C=O) groups is 2. The van der Waals surface area contributed by atoms with Crippen molar-refractivity contribution < 1.29 is 22.7 Å². The summed E-state index contributed by atoms with van der Waals surface area (Å²) in [4.78, 5) is 27.7. The van der Waals surface area contributed by atoms with Gasteiger partial charge in [0, 0.05) is 13.1 Å². The van der Waals surface area contributed by atoms with Gasteiger partial charge in [0.05, 0.1) is 29.1 Å². The Kier molecular flexibility index (Phi) is 10.2. The molecule has 0 aromatic heterocycles. The average Bonchev–Trinajstić information content (AvgIpc) is 2.80. The summed E-state index contributed by atoms with van der Waals surface area (Å²) in [5, 5.41) is 2.99. The molecule has 2 aromatic carbocycles. The molecule has 1 atom stereocenters. The summed E-state index contributed by atoms with van der Waals surface area (Å²) in [5.74, 6) is -0.113. The Bertz CT molecular complexity index is 1160. The molecule has 0 aliphatic carbocycles. The third kappa shape index (κ3) is 8.02. The van der Waals surface area contributed by atoms with E-state index >= 15 is 0 Å². The van der Waals surface area contributed by atoms with E-state index in [1.807, 2.05) is 13.8 Å². The highest BCUT2D eigenvalue weighted by atomic mass is 35.5. The first-order valence-electron chi connectivity index (χ1n) is 11.0. The minimum atomic E-state index is -3.91. The molecule has 8 nitrogen and oxygen atoms in total. The van der Waals surface area contributed by atoms with E-state index < -0.39 is 28.5 Å². The molecule has 0 aliphatic rings. The SMILES string of the molecule is COc1cccc(CN(C(=O)CN(c2cccc(Cl)c2Cl)S(C)(=O)=O)[C@H](C)C(=O)NCC(C)C)c1. The molecule has 192 valence electrons.